The molecular formula is C16H26N2O. The molecule has 106 valence electrons. The van der Waals surface area contributed by atoms with E-state index >= 15 is 0 Å². The Hall–Kier alpha value is -0.900. The molecule has 0 saturated carbocycles. The van der Waals surface area contributed by atoms with Crippen molar-refractivity contribution < 1.29 is 5.11 Å². The summed E-state index contributed by atoms with van der Waals surface area (Å²) in [5, 5.41) is 13.0. The second-order valence-electron chi connectivity index (χ2n) is 5.79. The average molecular weight is 262 g/mol. The summed E-state index contributed by atoms with van der Waals surface area (Å²) in [5.74, 6) is 0. The Balaban J connectivity index is 1.95. The molecule has 0 bridgehead atoms. The van der Waals surface area contributed by atoms with Crippen LogP contribution in [0.4, 0.5) is 0 Å². The lowest BCUT2D eigenvalue weighted by Gasteiger charge is -2.22. The van der Waals surface area contributed by atoms with E-state index in [-0.39, 0.29) is 6.10 Å². The summed E-state index contributed by atoms with van der Waals surface area (Å²) in [7, 11) is 2.03. The van der Waals surface area contributed by atoms with Crippen LogP contribution in [0.25, 0.3) is 0 Å². The molecule has 3 heteroatoms. The van der Waals surface area contributed by atoms with E-state index in [9.17, 15) is 5.11 Å². The smallest absolute Gasteiger partial charge is 0.0679 e. The summed E-state index contributed by atoms with van der Waals surface area (Å²) in [5.41, 5.74) is 4.03. The van der Waals surface area contributed by atoms with Crippen LogP contribution in [-0.2, 0) is 0 Å². The van der Waals surface area contributed by atoms with E-state index in [4.69, 9.17) is 0 Å². The highest BCUT2D eigenvalue weighted by Crippen LogP contribution is 2.21. The largest absolute Gasteiger partial charge is 0.392 e. The van der Waals surface area contributed by atoms with E-state index < -0.39 is 0 Å². The minimum absolute atomic E-state index is 0.116. The van der Waals surface area contributed by atoms with Gasteiger partial charge in [-0.05, 0) is 39.3 Å². The quantitative estimate of drug-likeness (QED) is 0.852. The van der Waals surface area contributed by atoms with Gasteiger partial charge < -0.3 is 15.3 Å². The van der Waals surface area contributed by atoms with Gasteiger partial charge in [0.05, 0.1) is 6.10 Å². The average Bonchev–Trinajstić information content (AvgIpc) is 2.75. The molecule has 1 saturated heterocycles. The third-order valence-electron chi connectivity index (χ3n) is 3.98. The predicted octanol–water partition coefficient (Wildman–Crippen LogP) is 2.02. The van der Waals surface area contributed by atoms with Crippen molar-refractivity contribution >= 4 is 0 Å². The molecule has 19 heavy (non-hydrogen) atoms. The van der Waals surface area contributed by atoms with Gasteiger partial charge in [-0.25, -0.2) is 0 Å². The van der Waals surface area contributed by atoms with Crippen LogP contribution in [0.1, 0.15) is 35.6 Å². The Kier molecular flexibility index (Phi) is 4.97. The molecule has 1 aromatic carbocycles. The maximum atomic E-state index is 9.55. The van der Waals surface area contributed by atoms with Crippen molar-refractivity contribution in [1.29, 1.82) is 0 Å². The third-order valence-corrected chi connectivity index (χ3v) is 3.98. The molecule has 1 aliphatic heterocycles. The highest BCUT2D eigenvalue weighted by molar-refractivity contribution is 5.30. The SMILES string of the molecule is CNC(CCN1CCC(O)C1)c1cc(C)cc(C)c1. The van der Waals surface area contributed by atoms with E-state index in [1.165, 1.54) is 16.7 Å². The first-order valence-corrected chi connectivity index (χ1v) is 7.24. The second-order valence-corrected chi connectivity index (χ2v) is 5.79. The van der Waals surface area contributed by atoms with Crippen molar-refractivity contribution in [3.05, 3.63) is 34.9 Å². The zero-order valence-electron chi connectivity index (χ0n) is 12.3. The van der Waals surface area contributed by atoms with Crippen molar-refractivity contribution in [1.82, 2.24) is 10.2 Å². The molecule has 0 spiro atoms. The molecule has 2 unspecified atom stereocenters. The summed E-state index contributed by atoms with van der Waals surface area (Å²) in [6.07, 6.45) is 1.90. The van der Waals surface area contributed by atoms with E-state index in [1.807, 2.05) is 7.05 Å². The Bertz CT molecular complexity index is 399. The lowest BCUT2D eigenvalue weighted by atomic mass is 9.99. The van der Waals surface area contributed by atoms with Crippen LogP contribution >= 0.6 is 0 Å². The van der Waals surface area contributed by atoms with Gasteiger partial charge in [-0.15, -0.1) is 0 Å². The zero-order valence-corrected chi connectivity index (χ0v) is 12.3. The van der Waals surface area contributed by atoms with Gasteiger partial charge in [-0.2, -0.15) is 0 Å². The number of nitrogens with zero attached hydrogens (tertiary/aromatic N) is 1. The van der Waals surface area contributed by atoms with E-state index in [1.54, 1.807) is 0 Å². The Labute approximate surface area is 116 Å². The zero-order chi connectivity index (χ0) is 13.8. The van der Waals surface area contributed by atoms with Gasteiger partial charge in [-0.3, -0.25) is 0 Å². The topological polar surface area (TPSA) is 35.5 Å². The molecule has 0 amide bonds. The number of hydrogen-bond donors (Lipinski definition) is 2. The van der Waals surface area contributed by atoms with E-state index in [0.29, 0.717) is 6.04 Å². The van der Waals surface area contributed by atoms with Gasteiger partial charge in [0.15, 0.2) is 0 Å². The van der Waals surface area contributed by atoms with Crippen LogP contribution in [0, 0.1) is 13.8 Å². The number of aryl methyl sites for hydroxylation is 2. The van der Waals surface area contributed by atoms with Gasteiger partial charge >= 0.3 is 0 Å². The van der Waals surface area contributed by atoms with E-state index in [0.717, 1.165) is 32.5 Å². The Morgan fingerprint density at radius 1 is 1.32 bits per heavy atom. The number of likely N-dealkylation sites (tertiary alicyclic amines) is 1. The molecule has 1 fully saturated rings. The highest BCUT2D eigenvalue weighted by atomic mass is 16.3. The predicted molar refractivity (Wildman–Crippen MR) is 79.4 cm³/mol. The summed E-state index contributed by atoms with van der Waals surface area (Å²) in [6.45, 7) is 7.23. The summed E-state index contributed by atoms with van der Waals surface area (Å²) >= 11 is 0. The van der Waals surface area contributed by atoms with Crippen LogP contribution in [0.2, 0.25) is 0 Å². The molecule has 1 heterocycles. The van der Waals surface area contributed by atoms with Crippen LogP contribution in [-0.4, -0.2) is 42.8 Å². The number of benzene rings is 1. The number of hydrogen-bond acceptors (Lipinski definition) is 3. The minimum atomic E-state index is -0.116. The van der Waals surface area contributed by atoms with Crippen LogP contribution in [0.3, 0.4) is 0 Å². The second kappa shape index (κ2) is 6.51. The maximum Gasteiger partial charge on any atom is 0.0679 e. The van der Waals surface area contributed by atoms with Crippen LogP contribution in [0.5, 0.6) is 0 Å². The number of aliphatic hydroxyl groups excluding tert-OH is 1. The first-order chi connectivity index (χ1) is 9.08. The van der Waals surface area contributed by atoms with Gasteiger partial charge in [-0.1, -0.05) is 29.3 Å². The lowest BCUT2D eigenvalue weighted by Crippen LogP contribution is -2.27. The molecule has 2 N–H and O–H groups in total. The van der Waals surface area contributed by atoms with Crippen molar-refractivity contribution in [2.45, 2.75) is 38.8 Å². The fourth-order valence-corrected chi connectivity index (χ4v) is 3.02. The monoisotopic (exact) mass is 262 g/mol. The first kappa shape index (κ1) is 14.5. The summed E-state index contributed by atoms with van der Waals surface area (Å²) < 4.78 is 0. The fourth-order valence-electron chi connectivity index (χ4n) is 3.02. The lowest BCUT2D eigenvalue weighted by molar-refractivity contribution is 0.175. The molecule has 0 aliphatic carbocycles. The standard InChI is InChI=1S/C16H26N2O/c1-12-8-13(2)10-14(9-12)16(17-3)5-7-18-6-4-15(19)11-18/h8-10,15-17,19H,4-7,11H2,1-3H3. The van der Waals surface area contributed by atoms with Crippen molar-refractivity contribution in [3.8, 4) is 0 Å². The molecular weight excluding hydrogens is 236 g/mol. The molecule has 2 atom stereocenters. The molecule has 0 radical (unpaired) electrons. The van der Waals surface area contributed by atoms with E-state index in [2.05, 4.69) is 42.3 Å². The highest BCUT2D eigenvalue weighted by Gasteiger charge is 2.21. The summed E-state index contributed by atoms with van der Waals surface area (Å²) in [6, 6.07) is 7.16. The number of nitrogens with one attached hydrogen (secondary N) is 1. The van der Waals surface area contributed by atoms with Crippen molar-refractivity contribution in [3.63, 3.8) is 0 Å². The van der Waals surface area contributed by atoms with Gasteiger partial charge in [0.1, 0.15) is 0 Å². The summed E-state index contributed by atoms with van der Waals surface area (Å²) in [4.78, 5) is 2.36. The molecule has 0 aromatic heterocycles. The third kappa shape index (κ3) is 4.03. The number of aliphatic hydroxyl groups is 1. The number of β-amino-alcohol motifs (C(OH)–C–C–N with tert-alkyl or cyclic N) is 1. The van der Waals surface area contributed by atoms with Crippen molar-refractivity contribution in [2.24, 2.45) is 0 Å². The van der Waals surface area contributed by atoms with Crippen molar-refractivity contribution in [2.75, 3.05) is 26.7 Å². The normalized spacial score (nSPS) is 21.8. The first-order valence-electron chi connectivity index (χ1n) is 7.24. The molecule has 3 nitrogen and oxygen atoms in total. The number of rotatable bonds is 5. The van der Waals surface area contributed by atoms with Gasteiger partial charge in [0, 0.05) is 25.7 Å². The molecule has 1 aliphatic rings. The Morgan fingerprint density at radius 2 is 2.00 bits per heavy atom. The van der Waals surface area contributed by atoms with Gasteiger partial charge in [0.25, 0.3) is 0 Å². The van der Waals surface area contributed by atoms with Crippen LogP contribution < -0.4 is 5.32 Å². The fraction of sp³-hybridized carbons (Fsp3) is 0.625. The Morgan fingerprint density at radius 3 is 2.53 bits per heavy atom. The van der Waals surface area contributed by atoms with Crippen LogP contribution in [0.15, 0.2) is 18.2 Å². The molecule has 2 rings (SSSR count). The molecule has 1 aromatic rings. The maximum absolute atomic E-state index is 9.55. The van der Waals surface area contributed by atoms with Gasteiger partial charge in [0.2, 0.25) is 0 Å². The minimum Gasteiger partial charge on any atom is -0.392 e.